The number of nitrogens with one attached hydrogen (secondary N) is 1. The van der Waals surface area contributed by atoms with Gasteiger partial charge in [-0.1, -0.05) is 141 Å². The average molecular weight is 634 g/mol. The predicted molar refractivity (Wildman–Crippen MR) is 194 cm³/mol. The van der Waals surface area contributed by atoms with Crippen molar-refractivity contribution in [3.05, 3.63) is 24.3 Å². The SMILES string of the molecule is CCCCCCCCC=CCCCCCCCC(=O)OCC(CNC)OC(=O)CCCCCCCC=CCCCCCCCC. The molecule has 0 saturated heterocycles. The van der Waals surface area contributed by atoms with E-state index >= 15 is 0 Å². The smallest absolute Gasteiger partial charge is 0.306 e. The Hall–Kier alpha value is -1.62. The fraction of sp³-hybridized carbons (Fsp3) is 0.850. The number of hydrogen-bond donors (Lipinski definition) is 1. The second kappa shape index (κ2) is 36.8. The van der Waals surface area contributed by atoms with E-state index in [0.29, 0.717) is 19.4 Å². The fourth-order valence-electron chi connectivity index (χ4n) is 5.55. The molecule has 0 aliphatic carbocycles. The van der Waals surface area contributed by atoms with Gasteiger partial charge in [0.15, 0.2) is 0 Å². The van der Waals surface area contributed by atoms with Crippen molar-refractivity contribution in [3.8, 4) is 0 Å². The minimum Gasteiger partial charge on any atom is -0.462 e. The van der Waals surface area contributed by atoms with Crippen molar-refractivity contribution in [2.75, 3.05) is 20.2 Å². The van der Waals surface area contributed by atoms with Gasteiger partial charge >= 0.3 is 11.9 Å². The molecule has 0 bridgehead atoms. The van der Waals surface area contributed by atoms with E-state index in [0.717, 1.165) is 38.5 Å². The highest BCUT2D eigenvalue weighted by Crippen LogP contribution is 2.12. The average Bonchev–Trinajstić information content (AvgIpc) is 3.03. The van der Waals surface area contributed by atoms with Crippen molar-refractivity contribution in [2.45, 2.75) is 200 Å². The summed E-state index contributed by atoms with van der Waals surface area (Å²) in [4.78, 5) is 24.5. The molecule has 264 valence electrons. The standard InChI is InChI=1S/C40H75NO4/c1-4-6-8-10-12-14-16-18-20-22-24-26-28-30-32-34-39(42)44-37-38(36-41-3)45-40(43)35-33-31-29-27-25-23-21-19-17-15-13-11-9-7-5-2/h18-21,38,41H,4-17,22-37H2,1-3H3. The molecule has 0 radical (unpaired) electrons. The fourth-order valence-corrected chi connectivity index (χ4v) is 5.55. The second-order valence-electron chi connectivity index (χ2n) is 13.0. The van der Waals surface area contributed by atoms with Crippen LogP contribution in [0.25, 0.3) is 0 Å². The van der Waals surface area contributed by atoms with Crippen LogP contribution in [0.15, 0.2) is 24.3 Å². The summed E-state index contributed by atoms with van der Waals surface area (Å²) in [5, 5.41) is 3.04. The van der Waals surface area contributed by atoms with Crippen LogP contribution >= 0.6 is 0 Å². The van der Waals surface area contributed by atoms with Gasteiger partial charge in [-0.05, 0) is 71.3 Å². The minimum absolute atomic E-state index is 0.128. The first-order valence-corrected chi connectivity index (χ1v) is 19.4. The second-order valence-corrected chi connectivity index (χ2v) is 13.0. The normalized spacial score (nSPS) is 12.3. The quantitative estimate of drug-likeness (QED) is 0.0427. The summed E-state index contributed by atoms with van der Waals surface area (Å²) >= 11 is 0. The summed E-state index contributed by atoms with van der Waals surface area (Å²) < 4.78 is 11.0. The molecule has 0 aromatic carbocycles. The third kappa shape index (κ3) is 35.1. The molecule has 0 spiro atoms. The molecule has 0 saturated carbocycles. The van der Waals surface area contributed by atoms with E-state index in [1.54, 1.807) is 0 Å². The number of ether oxygens (including phenoxy) is 2. The Balaban J connectivity index is 3.68. The van der Waals surface area contributed by atoms with Crippen LogP contribution in [-0.2, 0) is 19.1 Å². The van der Waals surface area contributed by atoms with E-state index in [-0.39, 0.29) is 18.5 Å². The molecule has 0 aromatic rings. The number of rotatable bonds is 35. The molecule has 1 atom stereocenters. The van der Waals surface area contributed by atoms with Crippen LogP contribution in [0.4, 0.5) is 0 Å². The summed E-state index contributed by atoms with van der Waals surface area (Å²) in [6.45, 7) is 5.14. The first kappa shape index (κ1) is 43.4. The molecule has 0 aromatic heterocycles. The first-order valence-electron chi connectivity index (χ1n) is 19.4. The Morgan fingerprint density at radius 2 is 0.867 bits per heavy atom. The maximum atomic E-state index is 12.3. The molecule has 0 aliphatic heterocycles. The molecule has 0 fully saturated rings. The highest BCUT2D eigenvalue weighted by Gasteiger charge is 2.16. The van der Waals surface area contributed by atoms with Gasteiger partial charge in [0.1, 0.15) is 12.7 Å². The molecule has 1 unspecified atom stereocenters. The Morgan fingerprint density at radius 3 is 1.27 bits per heavy atom. The van der Waals surface area contributed by atoms with E-state index in [1.807, 2.05) is 7.05 Å². The third-order valence-corrected chi connectivity index (χ3v) is 8.45. The summed E-state index contributed by atoms with van der Waals surface area (Å²) in [7, 11) is 1.82. The van der Waals surface area contributed by atoms with E-state index in [2.05, 4.69) is 43.5 Å². The molecule has 45 heavy (non-hydrogen) atoms. The van der Waals surface area contributed by atoms with Crippen LogP contribution in [0.3, 0.4) is 0 Å². The number of likely N-dealkylation sites (N-methyl/N-ethyl adjacent to an activating group) is 1. The Morgan fingerprint density at radius 1 is 0.511 bits per heavy atom. The molecule has 0 aliphatic rings. The van der Waals surface area contributed by atoms with E-state index < -0.39 is 6.10 Å². The van der Waals surface area contributed by atoms with E-state index in [4.69, 9.17) is 9.47 Å². The van der Waals surface area contributed by atoms with Crippen molar-refractivity contribution < 1.29 is 19.1 Å². The van der Waals surface area contributed by atoms with Gasteiger partial charge in [0, 0.05) is 19.4 Å². The molecular formula is C40H75NO4. The number of allylic oxidation sites excluding steroid dienone is 4. The number of hydrogen-bond acceptors (Lipinski definition) is 5. The Labute approximate surface area is 280 Å². The largest absolute Gasteiger partial charge is 0.462 e. The lowest BCUT2D eigenvalue weighted by molar-refractivity contribution is -0.159. The van der Waals surface area contributed by atoms with Gasteiger partial charge in [-0.25, -0.2) is 0 Å². The molecule has 0 heterocycles. The zero-order valence-corrected chi connectivity index (χ0v) is 30.2. The lowest BCUT2D eigenvalue weighted by atomic mass is 10.1. The Kier molecular flexibility index (Phi) is 35.5. The van der Waals surface area contributed by atoms with Gasteiger partial charge in [-0.3, -0.25) is 9.59 Å². The lowest BCUT2D eigenvalue weighted by Gasteiger charge is -2.17. The van der Waals surface area contributed by atoms with Crippen LogP contribution < -0.4 is 5.32 Å². The molecule has 5 nitrogen and oxygen atoms in total. The van der Waals surface area contributed by atoms with Gasteiger partial charge in [-0.2, -0.15) is 0 Å². The van der Waals surface area contributed by atoms with Crippen molar-refractivity contribution in [1.29, 1.82) is 0 Å². The Bertz CT molecular complexity index is 690. The molecule has 1 N–H and O–H groups in total. The van der Waals surface area contributed by atoms with Crippen LogP contribution in [0, 0.1) is 0 Å². The van der Waals surface area contributed by atoms with Crippen LogP contribution in [0.2, 0.25) is 0 Å². The summed E-state index contributed by atoms with van der Waals surface area (Å²) in [6, 6.07) is 0. The first-order chi connectivity index (χ1) is 22.1. The number of unbranched alkanes of at least 4 members (excludes halogenated alkanes) is 22. The summed E-state index contributed by atoms with van der Waals surface area (Å²) in [5.74, 6) is -0.386. The van der Waals surface area contributed by atoms with Crippen LogP contribution in [-0.4, -0.2) is 38.2 Å². The summed E-state index contributed by atoms with van der Waals surface area (Å²) in [6.07, 6.45) is 42.0. The summed E-state index contributed by atoms with van der Waals surface area (Å²) in [5.41, 5.74) is 0. The molecular weight excluding hydrogens is 558 g/mol. The van der Waals surface area contributed by atoms with Crippen molar-refractivity contribution >= 4 is 11.9 Å². The monoisotopic (exact) mass is 634 g/mol. The van der Waals surface area contributed by atoms with E-state index in [9.17, 15) is 9.59 Å². The maximum Gasteiger partial charge on any atom is 0.306 e. The van der Waals surface area contributed by atoms with Gasteiger partial charge in [0.05, 0.1) is 0 Å². The minimum atomic E-state index is -0.427. The van der Waals surface area contributed by atoms with Gasteiger partial charge < -0.3 is 14.8 Å². The van der Waals surface area contributed by atoms with Gasteiger partial charge in [0.2, 0.25) is 0 Å². The van der Waals surface area contributed by atoms with Crippen molar-refractivity contribution in [3.63, 3.8) is 0 Å². The number of esters is 2. The highest BCUT2D eigenvalue weighted by atomic mass is 16.6. The van der Waals surface area contributed by atoms with Gasteiger partial charge in [0.25, 0.3) is 0 Å². The highest BCUT2D eigenvalue weighted by molar-refractivity contribution is 5.70. The zero-order valence-electron chi connectivity index (χ0n) is 30.2. The molecule has 0 amide bonds. The van der Waals surface area contributed by atoms with Crippen molar-refractivity contribution in [2.24, 2.45) is 0 Å². The number of carbonyl (C=O) groups is 2. The third-order valence-electron chi connectivity index (χ3n) is 8.45. The molecule has 0 rings (SSSR count). The topological polar surface area (TPSA) is 64.6 Å². The van der Waals surface area contributed by atoms with Gasteiger partial charge in [-0.15, -0.1) is 0 Å². The van der Waals surface area contributed by atoms with Crippen molar-refractivity contribution in [1.82, 2.24) is 5.32 Å². The zero-order chi connectivity index (χ0) is 32.9. The predicted octanol–water partition coefficient (Wildman–Crippen LogP) is 11.7. The number of carbonyl (C=O) groups excluding carboxylic acids is 2. The molecule has 5 heteroatoms. The van der Waals surface area contributed by atoms with Crippen LogP contribution in [0.1, 0.15) is 194 Å². The lowest BCUT2D eigenvalue weighted by Crippen LogP contribution is -2.33. The van der Waals surface area contributed by atoms with Crippen LogP contribution in [0.5, 0.6) is 0 Å². The van der Waals surface area contributed by atoms with E-state index in [1.165, 1.54) is 128 Å². The maximum absolute atomic E-state index is 12.3.